The van der Waals surface area contributed by atoms with Crippen LogP contribution in [0.4, 0.5) is 0 Å². The van der Waals surface area contributed by atoms with Crippen molar-refractivity contribution in [3.05, 3.63) is 45.6 Å². The molecule has 0 spiro atoms. The van der Waals surface area contributed by atoms with Crippen molar-refractivity contribution in [2.45, 2.75) is 26.2 Å². The number of fused-ring (bicyclic) bond motifs is 1. The molecule has 1 aliphatic carbocycles. The third-order valence-electron chi connectivity index (χ3n) is 3.14. The van der Waals surface area contributed by atoms with Gasteiger partial charge in [-0.25, -0.2) is 0 Å². The first-order chi connectivity index (χ1) is 9.16. The Kier molecular flexibility index (Phi) is 4.53. The van der Waals surface area contributed by atoms with Crippen LogP contribution in [0, 0.1) is 0 Å². The number of hydrogen-bond donors (Lipinski definition) is 1. The van der Waals surface area contributed by atoms with Crippen molar-refractivity contribution in [2.24, 2.45) is 0 Å². The highest BCUT2D eigenvalue weighted by molar-refractivity contribution is 9.12. The van der Waals surface area contributed by atoms with E-state index in [-0.39, 0.29) is 11.6 Å². The monoisotopic (exact) mass is 321 g/mol. The molecule has 0 heterocycles. The van der Waals surface area contributed by atoms with Gasteiger partial charge in [-0.15, -0.1) is 0 Å². The first kappa shape index (κ1) is 14.0. The average Bonchev–Trinajstić information content (AvgIpc) is 2.44. The summed E-state index contributed by atoms with van der Waals surface area (Å²) in [7, 11) is 0. The number of halogens is 1. The van der Waals surface area contributed by atoms with Gasteiger partial charge in [0.15, 0.2) is 0 Å². The number of rotatable bonds is 5. The molecule has 100 valence electrons. The summed E-state index contributed by atoms with van der Waals surface area (Å²) >= 11 is 3.25. The SMILES string of the molecule is CCCCCNC1=C(Br)C(=O)c2ccccc2C1=O. The van der Waals surface area contributed by atoms with E-state index in [4.69, 9.17) is 0 Å². The van der Waals surface area contributed by atoms with Crippen molar-refractivity contribution >= 4 is 27.5 Å². The van der Waals surface area contributed by atoms with Gasteiger partial charge in [-0.1, -0.05) is 44.0 Å². The topological polar surface area (TPSA) is 46.2 Å². The lowest BCUT2D eigenvalue weighted by Gasteiger charge is -2.19. The van der Waals surface area contributed by atoms with E-state index >= 15 is 0 Å². The van der Waals surface area contributed by atoms with Crippen LogP contribution in [0.25, 0.3) is 0 Å². The zero-order chi connectivity index (χ0) is 13.8. The number of benzene rings is 1. The minimum Gasteiger partial charge on any atom is -0.381 e. The summed E-state index contributed by atoms with van der Waals surface area (Å²) in [5.74, 6) is -0.244. The molecule has 1 N–H and O–H groups in total. The second-order valence-corrected chi connectivity index (χ2v) is 5.32. The van der Waals surface area contributed by atoms with E-state index in [1.807, 2.05) is 0 Å². The van der Waals surface area contributed by atoms with Gasteiger partial charge in [0.2, 0.25) is 11.6 Å². The van der Waals surface area contributed by atoms with Crippen molar-refractivity contribution in [1.29, 1.82) is 0 Å². The molecular formula is C15H16BrNO2. The summed E-state index contributed by atoms with van der Waals surface area (Å²) in [4.78, 5) is 24.5. The number of carbonyl (C=O) groups excluding carboxylic acids is 2. The van der Waals surface area contributed by atoms with Crippen LogP contribution < -0.4 is 5.32 Å². The molecule has 0 atom stereocenters. The summed E-state index contributed by atoms with van der Waals surface area (Å²) < 4.78 is 0.340. The van der Waals surface area contributed by atoms with E-state index in [9.17, 15) is 9.59 Å². The van der Waals surface area contributed by atoms with E-state index in [1.54, 1.807) is 24.3 Å². The summed E-state index contributed by atoms with van der Waals surface area (Å²) in [5.41, 5.74) is 1.34. The van der Waals surface area contributed by atoms with Gasteiger partial charge in [-0.2, -0.15) is 0 Å². The molecule has 0 fully saturated rings. The number of allylic oxidation sites excluding steroid dienone is 2. The summed E-state index contributed by atoms with van der Waals surface area (Å²) in [6, 6.07) is 6.93. The Morgan fingerprint density at radius 2 is 1.68 bits per heavy atom. The quantitative estimate of drug-likeness (QED) is 0.845. The highest BCUT2D eigenvalue weighted by Gasteiger charge is 2.30. The molecule has 0 amide bonds. The highest BCUT2D eigenvalue weighted by Crippen LogP contribution is 2.28. The molecule has 3 nitrogen and oxygen atoms in total. The fourth-order valence-corrected chi connectivity index (χ4v) is 2.63. The van der Waals surface area contributed by atoms with Crippen molar-refractivity contribution in [1.82, 2.24) is 5.32 Å². The molecule has 1 aromatic carbocycles. The Balaban J connectivity index is 2.22. The Bertz CT molecular complexity index is 549. The Morgan fingerprint density at radius 3 is 2.32 bits per heavy atom. The molecule has 0 aliphatic heterocycles. The first-order valence-electron chi connectivity index (χ1n) is 6.49. The number of hydrogen-bond acceptors (Lipinski definition) is 3. The fraction of sp³-hybridized carbons (Fsp3) is 0.333. The predicted molar refractivity (Wildman–Crippen MR) is 78.6 cm³/mol. The van der Waals surface area contributed by atoms with E-state index in [0.717, 1.165) is 19.3 Å². The Morgan fingerprint density at radius 1 is 1.05 bits per heavy atom. The lowest BCUT2D eigenvalue weighted by Crippen LogP contribution is -2.29. The van der Waals surface area contributed by atoms with Crippen molar-refractivity contribution < 1.29 is 9.59 Å². The molecule has 0 aromatic heterocycles. The number of unbranched alkanes of at least 4 members (excludes halogenated alkanes) is 2. The smallest absolute Gasteiger partial charge is 0.210 e. The van der Waals surface area contributed by atoms with Crippen molar-refractivity contribution in [3.8, 4) is 0 Å². The van der Waals surface area contributed by atoms with Gasteiger partial charge in [0.25, 0.3) is 0 Å². The zero-order valence-electron chi connectivity index (χ0n) is 10.8. The minimum atomic E-state index is -0.131. The molecule has 0 saturated heterocycles. The molecule has 1 aliphatic rings. The molecule has 4 heteroatoms. The van der Waals surface area contributed by atoms with E-state index in [1.165, 1.54) is 0 Å². The molecular weight excluding hydrogens is 306 g/mol. The molecule has 0 unspecified atom stereocenters. The zero-order valence-corrected chi connectivity index (χ0v) is 12.4. The number of carbonyl (C=O) groups is 2. The Labute approximate surface area is 121 Å². The molecule has 0 saturated carbocycles. The second kappa shape index (κ2) is 6.15. The maximum atomic E-state index is 12.3. The summed E-state index contributed by atoms with van der Waals surface area (Å²) in [5, 5.41) is 3.09. The fourth-order valence-electron chi connectivity index (χ4n) is 2.09. The van der Waals surface area contributed by atoms with E-state index in [0.29, 0.717) is 27.9 Å². The van der Waals surface area contributed by atoms with Crippen LogP contribution in [-0.2, 0) is 0 Å². The van der Waals surface area contributed by atoms with E-state index < -0.39 is 0 Å². The van der Waals surface area contributed by atoms with Gasteiger partial charge in [0.1, 0.15) is 5.70 Å². The van der Waals surface area contributed by atoms with Crippen molar-refractivity contribution in [2.75, 3.05) is 6.54 Å². The van der Waals surface area contributed by atoms with Crippen LogP contribution in [0.1, 0.15) is 46.9 Å². The van der Waals surface area contributed by atoms with Crippen LogP contribution in [0.3, 0.4) is 0 Å². The average molecular weight is 322 g/mol. The minimum absolute atomic E-state index is 0.112. The standard InChI is InChI=1S/C15H16BrNO2/c1-2-3-6-9-17-13-12(16)14(18)10-7-4-5-8-11(10)15(13)19/h4-5,7-8,17H,2-3,6,9H2,1H3. The molecule has 0 radical (unpaired) electrons. The van der Waals surface area contributed by atoms with Crippen LogP contribution in [0.5, 0.6) is 0 Å². The normalized spacial score (nSPS) is 14.6. The molecule has 19 heavy (non-hydrogen) atoms. The lowest BCUT2D eigenvalue weighted by atomic mass is 9.92. The maximum Gasteiger partial charge on any atom is 0.210 e. The highest BCUT2D eigenvalue weighted by atomic mass is 79.9. The van der Waals surface area contributed by atoms with Gasteiger partial charge < -0.3 is 5.32 Å². The predicted octanol–water partition coefficient (Wildman–Crippen LogP) is 3.45. The molecule has 1 aromatic rings. The van der Waals surface area contributed by atoms with Crippen LogP contribution in [-0.4, -0.2) is 18.1 Å². The van der Waals surface area contributed by atoms with Crippen molar-refractivity contribution in [3.63, 3.8) is 0 Å². The summed E-state index contributed by atoms with van der Waals surface area (Å²) in [6.45, 7) is 2.83. The van der Waals surface area contributed by atoms with Gasteiger partial charge in [-0.3, -0.25) is 9.59 Å². The second-order valence-electron chi connectivity index (χ2n) is 4.53. The number of nitrogens with one attached hydrogen (secondary N) is 1. The van der Waals surface area contributed by atoms with Gasteiger partial charge in [0, 0.05) is 17.7 Å². The third-order valence-corrected chi connectivity index (χ3v) is 3.90. The third kappa shape index (κ3) is 2.78. The van der Waals surface area contributed by atoms with Crippen LogP contribution in [0.2, 0.25) is 0 Å². The first-order valence-corrected chi connectivity index (χ1v) is 7.28. The van der Waals surface area contributed by atoms with Gasteiger partial charge in [-0.05, 0) is 22.4 Å². The Hall–Kier alpha value is -1.42. The number of Topliss-reactive ketones (excluding diaryl/α,β-unsaturated/α-hetero) is 2. The van der Waals surface area contributed by atoms with Crippen LogP contribution >= 0.6 is 15.9 Å². The van der Waals surface area contributed by atoms with Gasteiger partial charge >= 0.3 is 0 Å². The number of ketones is 2. The van der Waals surface area contributed by atoms with Gasteiger partial charge in [0.05, 0.1) is 4.48 Å². The van der Waals surface area contributed by atoms with Crippen LogP contribution in [0.15, 0.2) is 34.4 Å². The van der Waals surface area contributed by atoms with E-state index in [2.05, 4.69) is 28.2 Å². The lowest BCUT2D eigenvalue weighted by molar-refractivity contribution is 0.0976. The molecule has 0 bridgehead atoms. The summed E-state index contributed by atoms with van der Waals surface area (Å²) in [6.07, 6.45) is 3.22. The molecule has 2 rings (SSSR count). The maximum absolute atomic E-state index is 12.3. The largest absolute Gasteiger partial charge is 0.381 e.